The highest BCUT2D eigenvalue weighted by atomic mass is 19.4. The SMILES string of the molecule is Cn1cc(C(C)(C)C)ccc1=O.Fc1ccc(C(F)(F)F)nc1. The van der Waals surface area contributed by atoms with Crippen LogP contribution in [0.1, 0.15) is 32.0 Å². The van der Waals surface area contributed by atoms with Crippen molar-refractivity contribution in [1.29, 1.82) is 0 Å². The van der Waals surface area contributed by atoms with Crippen molar-refractivity contribution < 1.29 is 17.6 Å². The normalized spacial score (nSPS) is 11.7. The number of aromatic nitrogens is 2. The Kier molecular flexibility index (Phi) is 5.69. The molecule has 0 amide bonds. The van der Waals surface area contributed by atoms with Crippen molar-refractivity contribution in [2.24, 2.45) is 7.05 Å². The summed E-state index contributed by atoms with van der Waals surface area (Å²) in [5.41, 5.74) is 0.261. The van der Waals surface area contributed by atoms with E-state index in [9.17, 15) is 22.4 Å². The van der Waals surface area contributed by atoms with Crippen LogP contribution in [0, 0.1) is 5.82 Å². The molecule has 3 nitrogen and oxygen atoms in total. The van der Waals surface area contributed by atoms with Crippen molar-refractivity contribution in [3.63, 3.8) is 0 Å². The zero-order chi connectivity index (χ0) is 17.8. The molecule has 0 N–H and O–H groups in total. The first-order valence-corrected chi connectivity index (χ1v) is 6.77. The van der Waals surface area contributed by atoms with Gasteiger partial charge in [-0.15, -0.1) is 0 Å². The highest BCUT2D eigenvalue weighted by Gasteiger charge is 2.31. The Morgan fingerprint density at radius 2 is 1.65 bits per heavy atom. The van der Waals surface area contributed by atoms with E-state index in [0.717, 1.165) is 6.07 Å². The quantitative estimate of drug-likeness (QED) is 0.686. The summed E-state index contributed by atoms with van der Waals surface area (Å²) in [7, 11) is 1.78. The summed E-state index contributed by atoms with van der Waals surface area (Å²) in [6.45, 7) is 6.40. The summed E-state index contributed by atoms with van der Waals surface area (Å²) in [6.07, 6.45) is -2.07. The molecule has 0 fully saturated rings. The molecule has 0 bridgehead atoms. The lowest BCUT2D eigenvalue weighted by atomic mass is 9.88. The van der Waals surface area contributed by atoms with Crippen LogP contribution < -0.4 is 5.56 Å². The van der Waals surface area contributed by atoms with Gasteiger partial charge >= 0.3 is 6.18 Å². The van der Waals surface area contributed by atoms with Crippen molar-refractivity contribution >= 4 is 0 Å². The molecule has 2 rings (SSSR count). The monoisotopic (exact) mass is 330 g/mol. The summed E-state index contributed by atoms with van der Waals surface area (Å²) in [6, 6.07) is 4.81. The number of nitrogens with zero attached hydrogens (tertiary/aromatic N) is 2. The average Bonchev–Trinajstić information content (AvgIpc) is 2.41. The van der Waals surface area contributed by atoms with Gasteiger partial charge in [-0.1, -0.05) is 26.8 Å². The van der Waals surface area contributed by atoms with Crippen molar-refractivity contribution in [1.82, 2.24) is 9.55 Å². The molecule has 0 radical (unpaired) electrons. The predicted molar refractivity (Wildman–Crippen MR) is 79.6 cm³/mol. The van der Waals surface area contributed by atoms with Crippen LogP contribution in [-0.4, -0.2) is 9.55 Å². The maximum absolute atomic E-state index is 12.0. The molecule has 7 heteroatoms. The summed E-state index contributed by atoms with van der Waals surface area (Å²) in [4.78, 5) is 13.9. The molecule has 0 aliphatic carbocycles. The van der Waals surface area contributed by atoms with Crippen LogP contribution in [0.3, 0.4) is 0 Å². The zero-order valence-corrected chi connectivity index (χ0v) is 13.3. The van der Waals surface area contributed by atoms with E-state index in [1.54, 1.807) is 17.7 Å². The minimum atomic E-state index is -4.49. The number of rotatable bonds is 0. The second-order valence-electron chi connectivity index (χ2n) is 5.98. The lowest BCUT2D eigenvalue weighted by Crippen LogP contribution is -2.19. The molecule has 2 aromatic rings. The standard InChI is InChI=1S/C10H15NO.C6H3F4N/c1-10(2,3)8-5-6-9(12)11(4)7-8;7-4-1-2-5(11-3-4)6(8,9)10/h5-7H,1-4H3;1-3H. The molecule has 23 heavy (non-hydrogen) atoms. The minimum Gasteiger partial charge on any atom is -0.318 e. The van der Waals surface area contributed by atoms with E-state index in [4.69, 9.17) is 0 Å². The van der Waals surface area contributed by atoms with Gasteiger partial charge in [-0.3, -0.25) is 4.79 Å². The molecular weight excluding hydrogens is 312 g/mol. The van der Waals surface area contributed by atoms with Crippen LogP contribution in [0.15, 0.2) is 41.5 Å². The largest absolute Gasteiger partial charge is 0.433 e. The molecule has 126 valence electrons. The third-order valence-corrected chi connectivity index (χ3v) is 2.97. The van der Waals surface area contributed by atoms with Gasteiger partial charge in [0.2, 0.25) is 5.56 Å². The molecule has 0 saturated carbocycles. The Balaban J connectivity index is 0.000000231. The summed E-state index contributed by atoms with van der Waals surface area (Å²) >= 11 is 0. The Hall–Kier alpha value is -2.18. The van der Waals surface area contributed by atoms with Crippen LogP contribution in [0.4, 0.5) is 17.6 Å². The number of aryl methyl sites for hydroxylation is 1. The molecule has 0 unspecified atom stereocenters. The number of alkyl halides is 3. The highest BCUT2D eigenvalue weighted by Crippen LogP contribution is 2.26. The van der Waals surface area contributed by atoms with E-state index in [0.29, 0.717) is 12.3 Å². The Labute approximate surface area is 131 Å². The van der Waals surface area contributed by atoms with Crippen molar-refractivity contribution in [3.05, 3.63) is 64.1 Å². The number of hydrogen-bond donors (Lipinski definition) is 0. The molecule has 0 spiro atoms. The van der Waals surface area contributed by atoms with Crippen LogP contribution in [0.2, 0.25) is 0 Å². The highest BCUT2D eigenvalue weighted by molar-refractivity contribution is 5.18. The van der Waals surface area contributed by atoms with E-state index in [-0.39, 0.29) is 11.0 Å². The van der Waals surface area contributed by atoms with Crippen LogP contribution in [0.25, 0.3) is 0 Å². The van der Waals surface area contributed by atoms with Crippen LogP contribution in [-0.2, 0) is 18.6 Å². The summed E-state index contributed by atoms with van der Waals surface area (Å²) < 4.78 is 48.9. The molecular formula is C16H18F4N2O. The first-order valence-electron chi connectivity index (χ1n) is 6.77. The van der Waals surface area contributed by atoms with Gasteiger partial charge in [0.1, 0.15) is 11.5 Å². The lowest BCUT2D eigenvalue weighted by Gasteiger charge is -2.19. The molecule has 2 heterocycles. The topological polar surface area (TPSA) is 34.9 Å². The van der Waals surface area contributed by atoms with Crippen LogP contribution in [0.5, 0.6) is 0 Å². The zero-order valence-electron chi connectivity index (χ0n) is 13.3. The maximum Gasteiger partial charge on any atom is 0.433 e. The fourth-order valence-electron chi connectivity index (χ4n) is 1.58. The van der Waals surface area contributed by atoms with Gasteiger partial charge in [-0.05, 0) is 23.1 Å². The fourth-order valence-corrected chi connectivity index (χ4v) is 1.58. The first kappa shape index (κ1) is 18.9. The second kappa shape index (κ2) is 6.93. The van der Waals surface area contributed by atoms with Crippen molar-refractivity contribution in [3.8, 4) is 0 Å². The number of pyridine rings is 2. The smallest absolute Gasteiger partial charge is 0.318 e. The summed E-state index contributed by atoms with van der Waals surface area (Å²) in [5.74, 6) is -0.780. The Bertz CT molecular complexity index is 698. The maximum atomic E-state index is 12.0. The van der Waals surface area contributed by atoms with Crippen molar-refractivity contribution in [2.75, 3.05) is 0 Å². The van der Waals surface area contributed by atoms with Gasteiger partial charge in [0.05, 0.1) is 6.20 Å². The molecule has 0 atom stereocenters. The van der Waals surface area contributed by atoms with Crippen LogP contribution >= 0.6 is 0 Å². The summed E-state index contributed by atoms with van der Waals surface area (Å²) in [5, 5.41) is 0. The predicted octanol–water partition coefficient (Wildman–Crippen LogP) is 3.92. The van der Waals surface area contributed by atoms with Gasteiger partial charge in [-0.25, -0.2) is 9.37 Å². The fraction of sp³-hybridized carbons (Fsp3) is 0.375. The molecule has 0 saturated heterocycles. The number of hydrogen-bond acceptors (Lipinski definition) is 2. The molecule has 0 aliphatic heterocycles. The van der Waals surface area contributed by atoms with Gasteiger partial charge < -0.3 is 4.57 Å². The number of halogens is 4. The molecule has 2 aromatic heterocycles. The van der Waals surface area contributed by atoms with Crippen molar-refractivity contribution in [2.45, 2.75) is 32.4 Å². The van der Waals surface area contributed by atoms with E-state index in [1.807, 2.05) is 12.3 Å². The van der Waals surface area contributed by atoms with E-state index >= 15 is 0 Å². The molecule has 0 aromatic carbocycles. The van der Waals surface area contributed by atoms with E-state index < -0.39 is 17.7 Å². The first-order chi connectivity index (χ1) is 10.4. The minimum absolute atomic E-state index is 0.0444. The second-order valence-corrected chi connectivity index (χ2v) is 5.98. The Morgan fingerprint density at radius 3 is 2.04 bits per heavy atom. The van der Waals surface area contributed by atoms with Gasteiger partial charge in [-0.2, -0.15) is 13.2 Å². The van der Waals surface area contributed by atoms with Gasteiger partial charge in [0, 0.05) is 19.3 Å². The van der Waals surface area contributed by atoms with E-state index in [2.05, 4.69) is 25.8 Å². The van der Waals surface area contributed by atoms with Gasteiger partial charge in [0.15, 0.2) is 0 Å². The van der Waals surface area contributed by atoms with E-state index in [1.165, 1.54) is 5.56 Å². The average molecular weight is 330 g/mol. The third-order valence-electron chi connectivity index (χ3n) is 2.97. The third kappa shape index (κ3) is 5.84. The van der Waals surface area contributed by atoms with Gasteiger partial charge in [0.25, 0.3) is 0 Å². The Morgan fingerprint density at radius 1 is 1.04 bits per heavy atom. The molecule has 0 aliphatic rings. The lowest BCUT2D eigenvalue weighted by molar-refractivity contribution is -0.141.